The molecule has 2 amide bonds. The summed E-state index contributed by atoms with van der Waals surface area (Å²) >= 11 is 0. The van der Waals surface area contributed by atoms with Gasteiger partial charge in [-0.15, -0.1) is 0 Å². The minimum atomic E-state index is -2.05. The highest BCUT2D eigenvalue weighted by molar-refractivity contribution is 6.74. The normalized spacial score (nSPS) is 13.2. The Hall–Kier alpha value is -1.70. The highest BCUT2D eigenvalue weighted by Crippen LogP contribution is 2.36. The van der Waals surface area contributed by atoms with Crippen molar-refractivity contribution in [2.24, 2.45) is 0 Å². The van der Waals surface area contributed by atoms with E-state index < -0.39 is 14.4 Å². The van der Waals surface area contributed by atoms with E-state index in [1.54, 1.807) is 24.3 Å². The molecule has 0 bridgehead atoms. The number of benzene rings is 1. The van der Waals surface area contributed by atoms with Gasteiger partial charge < -0.3 is 9.74 Å². The van der Waals surface area contributed by atoms with Crippen molar-refractivity contribution in [3.63, 3.8) is 0 Å². The third-order valence-electron chi connectivity index (χ3n) is 4.64. The van der Waals surface area contributed by atoms with Crippen LogP contribution in [0.4, 0.5) is 0 Å². The maximum Gasteiger partial charge on any atom is 0.270 e. The summed E-state index contributed by atoms with van der Waals surface area (Å²) in [6, 6.07) is 7.97. The molecule has 0 saturated heterocycles. The number of carbonyl (C=O) groups excluding carboxylic acids is 2. The van der Waals surface area contributed by atoms with E-state index in [1.165, 1.54) is 14.2 Å². The van der Waals surface area contributed by atoms with Gasteiger partial charge in [0.05, 0.1) is 13.7 Å². The second kappa shape index (κ2) is 8.60. The molecular weight excluding hydrogens is 336 g/mol. The third-order valence-corrected chi connectivity index (χ3v) is 9.14. The van der Waals surface area contributed by atoms with Crippen LogP contribution in [0.2, 0.25) is 18.1 Å². The molecule has 0 radical (unpaired) electrons. The Balaban J connectivity index is 2.90. The summed E-state index contributed by atoms with van der Waals surface area (Å²) in [6.45, 7) is 10.7. The Morgan fingerprint density at radius 2 is 1.76 bits per heavy atom. The third kappa shape index (κ3) is 5.95. The average Bonchev–Trinajstić information content (AvgIpc) is 2.56. The summed E-state index contributed by atoms with van der Waals surface area (Å²) in [6.07, 6.45) is 0. The summed E-state index contributed by atoms with van der Waals surface area (Å²) in [5.74, 6) is -0.673. The molecule has 0 spiro atoms. The van der Waals surface area contributed by atoms with Crippen LogP contribution < -0.4 is 5.32 Å². The second-order valence-corrected chi connectivity index (χ2v) is 12.3. The lowest BCUT2D eigenvalue weighted by Gasteiger charge is -2.37. The Morgan fingerprint density at radius 1 is 1.20 bits per heavy atom. The van der Waals surface area contributed by atoms with Gasteiger partial charge in [0.2, 0.25) is 0 Å². The van der Waals surface area contributed by atoms with Crippen LogP contribution in [0.5, 0.6) is 0 Å². The Labute approximate surface area is 151 Å². The zero-order valence-corrected chi connectivity index (χ0v) is 17.3. The molecule has 1 N–H and O–H groups in total. The molecule has 7 heteroatoms. The highest BCUT2D eigenvalue weighted by Gasteiger charge is 2.38. The molecule has 0 aromatic heterocycles. The summed E-state index contributed by atoms with van der Waals surface area (Å²) in [4.78, 5) is 29.9. The summed E-state index contributed by atoms with van der Waals surface area (Å²) in [5.41, 5.74) is 0.493. The van der Waals surface area contributed by atoms with Gasteiger partial charge in [0.1, 0.15) is 6.04 Å². The molecule has 1 aromatic carbocycles. The van der Waals surface area contributed by atoms with E-state index in [1.807, 2.05) is 6.07 Å². The molecule has 0 aliphatic carbocycles. The van der Waals surface area contributed by atoms with E-state index >= 15 is 0 Å². The molecule has 0 aliphatic heterocycles. The number of hydrogen-bond donors (Lipinski definition) is 1. The fourth-order valence-corrected chi connectivity index (χ4v) is 2.84. The number of amides is 2. The first-order chi connectivity index (χ1) is 11.5. The monoisotopic (exact) mass is 366 g/mol. The number of hydrogen-bond acceptors (Lipinski definition) is 4. The molecule has 0 unspecified atom stereocenters. The maximum absolute atomic E-state index is 12.5. The largest absolute Gasteiger partial charge is 0.414 e. The van der Waals surface area contributed by atoms with Crippen LogP contribution in [-0.4, -0.2) is 52.0 Å². The van der Waals surface area contributed by atoms with E-state index in [9.17, 15) is 9.59 Å². The van der Waals surface area contributed by atoms with Gasteiger partial charge in [0.15, 0.2) is 8.32 Å². The van der Waals surface area contributed by atoms with Gasteiger partial charge in [-0.25, -0.2) is 5.06 Å². The van der Waals surface area contributed by atoms with Crippen molar-refractivity contribution < 1.29 is 18.9 Å². The van der Waals surface area contributed by atoms with Gasteiger partial charge in [-0.2, -0.15) is 0 Å². The predicted octanol–water partition coefficient (Wildman–Crippen LogP) is 2.83. The van der Waals surface area contributed by atoms with Crippen molar-refractivity contribution in [3.05, 3.63) is 35.9 Å². The van der Waals surface area contributed by atoms with Gasteiger partial charge in [-0.3, -0.25) is 14.4 Å². The van der Waals surface area contributed by atoms with E-state index in [0.29, 0.717) is 5.56 Å². The van der Waals surface area contributed by atoms with Gasteiger partial charge in [0.25, 0.3) is 11.8 Å². The molecule has 1 atom stereocenters. The minimum absolute atomic E-state index is 0.0111. The number of rotatable bonds is 7. The molecule has 0 aliphatic rings. The molecule has 0 heterocycles. The van der Waals surface area contributed by atoms with Crippen molar-refractivity contribution >= 4 is 20.1 Å². The summed E-state index contributed by atoms with van der Waals surface area (Å²) in [5, 5.41) is 3.87. The van der Waals surface area contributed by atoms with Crippen LogP contribution in [0.15, 0.2) is 30.3 Å². The van der Waals surface area contributed by atoms with Crippen LogP contribution in [0, 0.1) is 0 Å². The fourth-order valence-electron chi connectivity index (χ4n) is 1.82. The fraction of sp³-hybridized carbons (Fsp3) is 0.556. The maximum atomic E-state index is 12.5. The van der Waals surface area contributed by atoms with Gasteiger partial charge in [-0.1, -0.05) is 39.0 Å². The van der Waals surface area contributed by atoms with Crippen molar-refractivity contribution in [2.45, 2.75) is 44.9 Å². The van der Waals surface area contributed by atoms with Crippen LogP contribution >= 0.6 is 0 Å². The molecular formula is C18H30N2O4Si. The second-order valence-electron chi connectivity index (χ2n) is 7.48. The molecule has 0 fully saturated rings. The van der Waals surface area contributed by atoms with Crippen LogP contribution in [0.1, 0.15) is 31.1 Å². The summed E-state index contributed by atoms with van der Waals surface area (Å²) < 4.78 is 6.13. The van der Waals surface area contributed by atoms with Gasteiger partial charge >= 0.3 is 0 Å². The van der Waals surface area contributed by atoms with Gasteiger partial charge in [-0.05, 0) is 30.3 Å². The smallest absolute Gasteiger partial charge is 0.270 e. The van der Waals surface area contributed by atoms with Crippen LogP contribution in [0.3, 0.4) is 0 Å². The van der Waals surface area contributed by atoms with Crippen LogP contribution in [-0.2, 0) is 14.1 Å². The standard InChI is InChI=1S/C18H30N2O4Si/c1-18(2,3)25(6,7)24-13-15(17(22)20(4)23-5)19-16(21)14-11-9-8-10-12-14/h8-12,15H,13H2,1-7H3,(H,19,21)/t15-/m0/s1. The Morgan fingerprint density at radius 3 is 2.24 bits per heavy atom. The van der Waals surface area contributed by atoms with Crippen molar-refractivity contribution in [1.29, 1.82) is 0 Å². The molecule has 25 heavy (non-hydrogen) atoms. The number of likely N-dealkylation sites (N-methyl/N-ethyl adjacent to an activating group) is 1. The molecule has 6 nitrogen and oxygen atoms in total. The Bertz CT molecular complexity index is 584. The molecule has 1 rings (SSSR count). The first kappa shape index (κ1) is 21.3. The number of carbonyl (C=O) groups is 2. The molecule has 1 aromatic rings. The topological polar surface area (TPSA) is 67.9 Å². The minimum Gasteiger partial charge on any atom is -0.414 e. The lowest BCUT2D eigenvalue weighted by Crippen LogP contribution is -2.52. The van der Waals surface area contributed by atoms with Crippen molar-refractivity contribution in [3.8, 4) is 0 Å². The van der Waals surface area contributed by atoms with E-state index in [4.69, 9.17) is 9.26 Å². The lowest BCUT2D eigenvalue weighted by molar-refractivity contribution is -0.171. The SMILES string of the molecule is CON(C)C(=O)[C@H](CO[Si](C)(C)C(C)(C)C)NC(=O)c1ccccc1. The first-order valence-electron chi connectivity index (χ1n) is 8.31. The number of nitrogens with zero attached hydrogens (tertiary/aromatic N) is 1. The van der Waals surface area contributed by atoms with E-state index in [0.717, 1.165) is 5.06 Å². The number of hydroxylamine groups is 2. The average molecular weight is 367 g/mol. The number of nitrogens with one attached hydrogen (secondary N) is 1. The molecule has 0 saturated carbocycles. The predicted molar refractivity (Wildman–Crippen MR) is 101 cm³/mol. The highest BCUT2D eigenvalue weighted by atomic mass is 28.4. The summed E-state index contributed by atoms with van der Waals surface area (Å²) in [7, 11) is 0.864. The quantitative estimate of drug-likeness (QED) is 0.595. The molecule has 140 valence electrons. The zero-order valence-electron chi connectivity index (χ0n) is 16.3. The zero-order chi connectivity index (χ0) is 19.3. The van der Waals surface area contributed by atoms with E-state index in [2.05, 4.69) is 39.2 Å². The van der Waals surface area contributed by atoms with Crippen molar-refractivity contribution in [1.82, 2.24) is 10.4 Å². The Kier molecular flexibility index (Phi) is 7.34. The lowest BCUT2D eigenvalue weighted by atomic mass is 10.2. The van der Waals surface area contributed by atoms with Gasteiger partial charge in [0, 0.05) is 12.6 Å². The van der Waals surface area contributed by atoms with E-state index in [-0.39, 0.29) is 23.5 Å². The van der Waals surface area contributed by atoms with Crippen molar-refractivity contribution in [2.75, 3.05) is 20.8 Å². The van der Waals surface area contributed by atoms with Crippen LogP contribution in [0.25, 0.3) is 0 Å². The first-order valence-corrected chi connectivity index (χ1v) is 11.2.